The Morgan fingerprint density at radius 2 is 1.86 bits per heavy atom. The molecule has 2 heterocycles. The Bertz CT molecular complexity index is 563. The minimum atomic E-state index is 0.0510. The van der Waals surface area contributed by atoms with Crippen LogP contribution in [0.2, 0.25) is 0 Å². The summed E-state index contributed by atoms with van der Waals surface area (Å²) >= 11 is 3.19. The highest BCUT2D eigenvalue weighted by Gasteiger charge is 2.20. The van der Waals surface area contributed by atoms with Gasteiger partial charge in [-0.2, -0.15) is 11.3 Å². The van der Waals surface area contributed by atoms with Crippen LogP contribution in [0.3, 0.4) is 0 Å². The third kappa shape index (κ3) is 4.38. The summed E-state index contributed by atoms with van der Waals surface area (Å²) in [4.78, 5) is 19.1. The number of aromatic nitrogens is 1. The molecule has 0 spiro atoms. The number of carbonyl (C=O) groups excluding carboxylic acids is 1. The molecule has 2 aromatic heterocycles. The Kier molecular flexibility index (Phi) is 5.53. The molecule has 0 fully saturated rings. The standard InChI is InChI=1S/C16H22N2OS2/c1-11(2)7-18(8-12(3)4)16(19)14-10-21-15(17-14)13-5-6-20-9-13/h5-6,9-12H,7-8H2,1-4H3. The molecule has 2 aromatic rings. The quantitative estimate of drug-likeness (QED) is 0.777. The predicted molar refractivity (Wildman–Crippen MR) is 91.0 cm³/mol. The van der Waals surface area contributed by atoms with Crippen LogP contribution in [-0.2, 0) is 0 Å². The zero-order chi connectivity index (χ0) is 15.4. The topological polar surface area (TPSA) is 33.2 Å². The highest BCUT2D eigenvalue weighted by Crippen LogP contribution is 2.26. The van der Waals surface area contributed by atoms with Crippen molar-refractivity contribution >= 4 is 28.6 Å². The minimum absolute atomic E-state index is 0.0510. The van der Waals surface area contributed by atoms with Gasteiger partial charge in [-0.05, 0) is 23.3 Å². The van der Waals surface area contributed by atoms with Crippen LogP contribution >= 0.6 is 22.7 Å². The highest BCUT2D eigenvalue weighted by atomic mass is 32.1. The van der Waals surface area contributed by atoms with E-state index in [4.69, 9.17) is 0 Å². The van der Waals surface area contributed by atoms with E-state index in [0.717, 1.165) is 23.7 Å². The smallest absolute Gasteiger partial charge is 0.273 e. The van der Waals surface area contributed by atoms with Crippen molar-refractivity contribution in [1.82, 2.24) is 9.88 Å². The highest BCUT2D eigenvalue weighted by molar-refractivity contribution is 7.14. The van der Waals surface area contributed by atoms with Crippen molar-refractivity contribution in [3.8, 4) is 10.6 Å². The molecule has 0 saturated carbocycles. The van der Waals surface area contributed by atoms with Crippen molar-refractivity contribution in [1.29, 1.82) is 0 Å². The molecule has 0 radical (unpaired) electrons. The summed E-state index contributed by atoms with van der Waals surface area (Å²) in [6.45, 7) is 10.1. The SMILES string of the molecule is CC(C)CN(CC(C)C)C(=O)c1csc(-c2ccsc2)n1. The normalized spacial score (nSPS) is 11.3. The van der Waals surface area contributed by atoms with Crippen molar-refractivity contribution in [2.45, 2.75) is 27.7 Å². The third-order valence-electron chi connectivity index (χ3n) is 2.95. The van der Waals surface area contributed by atoms with E-state index < -0.39 is 0 Å². The van der Waals surface area contributed by atoms with Gasteiger partial charge >= 0.3 is 0 Å². The second-order valence-electron chi connectivity index (χ2n) is 6.05. The average molecular weight is 322 g/mol. The number of rotatable bonds is 6. The van der Waals surface area contributed by atoms with Gasteiger partial charge in [-0.15, -0.1) is 11.3 Å². The molecule has 1 amide bonds. The lowest BCUT2D eigenvalue weighted by Crippen LogP contribution is -2.37. The number of thiophene rings is 1. The Hall–Kier alpha value is -1.20. The lowest BCUT2D eigenvalue weighted by molar-refractivity contribution is 0.0710. The summed E-state index contributed by atoms with van der Waals surface area (Å²) in [6.07, 6.45) is 0. The molecule has 3 nitrogen and oxygen atoms in total. The molecule has 0 aliphatic heterocycles. The molecule has 5 heteroatoms. The van der Waals surface area contributed by atoms with Gasteiger partial charge in [0.25, 0.3) is 5.91 Å². The first-order valence-corrected chi connectivity index (χ1v) is 9.07. The van der Waals surface area contributed by atoms with E-state index in [2.05, 4.69) is 38.1 Å². The lowest BCUT2D eigenvalue weighted by atomic mass is 10.1. The van der Waals surface area contributed by atoms with Crippen LogP contribution in [0.5, 0.6) is 0 Å². The van der Waals surface area contributed by atoms with Gasteiger partial charge in [-0.25, -0.2) is 4.98 Å². The van der Waals surface area contributed by atoms with Crippen molar-refractivity contribution in [2.75, 3.05) is 13.1 Å². The van der Waals surface area contributed by atoms with Crippen molar-refractivity contribution in [3.63, 3.8) is 0 Å². The largest absolute Gasteiger partial charge is 0.337 e. The monoisotopic (exact) mass is 322 g/mol. The van der Waals surface area contributed by atoms with Crippen LogP contribution in [-0.4, -0.2) is 28.9 Å². The van der Waals surface area contributed by atoms with Crippen LogP contribution in [0.25, 0.3) is 10.6 Å². The van der Waals surface area contributed by atoms with E-state index >= 15 is 0 Å². The summed E-state index contributed by atoms with van der Waals surface area (Å²) < 4.78 is 0. The predicted octanol–water partition coefficient (Wildman–Crippen LogP) is 4.63. The first-order chi connectivity index (χ1) is 9.97. The molecule has 0 aliphatic carbocycles. The number of hydrogen-bond donors (Lipinski definition) is 0. The molecule has 114 valence electrons. The zero-order valence-electron chi connectivity index (χ0n) is 13.0. The van der Waals surface area contributed by atoms with Gasteiger partial charge < -0.3 is 4.90 Å². The molecular formula is C16H22N2OS2. The Labute approximate surface area is 134 Å². The van der Waals surface area contributed by atoms with Crippen LogP contribution in [0.1, 0.15) is 38.2 Å². The summed E-state index contributed by atoms with van der Waals surface area (Å²) in [5.74, 6) is 0.973. The van der Waals surface area contributed by atoms with Gasteiger partial charge in [0.2, 0.25) is 0 Å². The first-order valence-electron chi connectivity index (χ1n) is 7.24. The Balaban J connectivity index is 2.16. The van der Waals surface area contributed by atoms with Crippen LogP contribution < -0.4 is 0 Å². The molecule has 0 atom stereocenters. The fourth-order valence-corrected chi connectivity index (χ4v) is 3.68. The molecule has 2 rings (SSSR count). The summed E-state index contributed by atoms with van der Waals surface area (Å²) in [6, 6.07) is 2.04. The molecule has 0 aliphatic rings. The number of nitrogens with zero attached hydrogens (tertiary/aromatic N) is 2. The van der Waals surface area contributed by atoms with Crippen molar-refractivity contribution < 1.29 is 4.79 Å². The Morgan fingerprint density at radius 3 is 2.38 bits per heavy atom. The van der Waals surface area contributed by atoms with Crippen LogP contribution in [0.15, 0.2) is 22.2 Å². The van der Waals surface area contributed by atoms with Gasteiger partial charge in [0.1, 0.15) is 10.7 Å². The van der Waals surface area contributed by atoms with E-state index in [1.807, 2.05) is 21.7 Å². The lowest BCUT2D eigenvalue weighted by Gasteiger charge is -2.25. The van der Waals surface area contributed by atoms with Gasteiger partial charge in [0.15, 0.2) is 0 Å². The van der Waals surface area contributed by atoms with Gasteiger partial charge in [-0.3, -0.25) is 4.79 Å². The number of amides is 1. The fraction of sp³-hybridized carbons (Fsp3) is 0.500. The van der Waals surface area contributed by atoms with Crippen molar-refractivity contribution in [3.05, 3.63) is 27.9 Å². The molecule has 0 unspecified atom stereocenters. The molecule has 0 aromatic carbocycles. The van der Waals surface area contributed by atoms with E-state index in [9.17, 15) is 4.79 Å². The first kappa shape index (κ1) is 16.2. The van der Waals surface area contributed by atoms with E-state index in [0.29, 0.717) is 17.5 Å². The van der Waals surface area contributed by atoms with Gasteiger partial charge in [0, 0.05) is 29.4 Å². The molecule has 21 heavy (non-hydrogen) atoms. The fourth-order valence-electron chi connectivity index (χ4n) is 2.17. The molecular weight excluding hydrogens is 300 g/mol. The van der Waals surface area contributed by atoms with Crippen molar-refractivity contribution in [2.24, 2.45) is 11.8 Å². The summed E-state index contributed by atoms with van der Waals surface area (Å²) in [5.41, 5.74) is 1.67. The maximum Gasteiger partial charge on any atom is 0.273 e. The third-order valence-corrected chi connectivity index (χ3v) is 4.52. The summed E-state index contributed by atoms with van der Waals surface area (Å²) in [7, 11) is 0. The number of hydrogen-bond acceptors (Lipinski definition) is 4. The average Bonchev–Trinajstić information content (AvgIpc) is 3.06. The minimum Gasteiger partial charge on any atom is -0.337 e. The molecule has 0 N–H and O–H groups in total. The van der Waals surface area contributed by atoms with Gasteiger partial charge in [0.05, 0.1) is 0 Å². The van der Waals surface area contributed by atoms with Gasteiger partial charge in [-0.1, -0.05) is 27.7 Å². The summed E-state index contributed by atoms with van der Waals surface area (Å²) in [5, 5.41) is 6.90. The maximum absolute atomic E-state index is 12.7. The maximum atomic E-state index is 12.7. The van der Waals surface area contributed by atoms with Crippen LogP contribution in [0, 0.1) is 11.8 Å². The zero-order valence-corrected chi connectivity index (χ0v) is 14.6. The second kappa shape index (κ2) is 7.18. The Morgan fingerprint density at radius 1 is 1.19 bits per heavy atom. The molecule has 0 saturated heterocycles. The van der Waals surface area contributed by atoms with E-state index in [1.165, 1.54) is 11.3 Å². The number of thiazole rings is 1. The number of carbonyl (C=O) groups is 1. The van der Waals surface area contributed by atoms with E-state index in [1.54, 1.807) is 11.3 Å². The van der Waals surface area contributed by atoms with Crippen LogP contribution in [0.4, 0.5) is 0 Å². The second-order valence-corrected chi connectivity index (χ2v) is 7.69. The molecule has 0 bridgehead atoms. The van der Waals surface area contributed by atoms with E-state index in [-0.39, 0.29) is 5.91 Å².